The highest BCUT2D eigenvalue weighted by Crippen LogP contribution is 2.18. The summed E-state index contributed by atoms with van der Waals surface area (Å²) >= 11 is 0. The normalized spacial score (nSPS) is 11.8. The van der Waals surface area contributed by atoms with E-state index in [0.29, 0.717) is 0 Å². The van der Waals surface area contributed by atoms with Crippen molar-refractivity contribution >= 4 is 11.6 Å². The number of amides is 1. The summed E-state index contributed by atoms with van der Waals surface area (Å²) in [5.41, 5.74) is -0.131. The minimum Gasteiger partial charge on any atom is -0.320 e. The Balaban J connectivity index is 2.02. The molecule has 1 aromatic heterocycles. The number of H-pyrrole nitrogens is 2. The molecule has 2 rings (SSSR count). The molecular weight excluding hydrogens is 258 g/mol. The van der Waals surface area contributed by atoms with Crippen LogP contribution in [0.1, 0.15) is 24.8 Å². The van der Waals surface area contributed by atoms with E-state index in [4.69, 9.17) is 0 Å². The number of carbonyl (C=O) groups excluding carboxylic acids is 1. The lowest BCUT2D eigenvalue weighted by atomic mass is 9.97. The molecular formula is C14H15N3O3. The zero-order chi connectivity index (χ0) is 14.5. The lowest BCUT2D eigenvalue weighted by molar-refractivity contribution is -0.116. The molecule has 0 aliphatic rings. The molecule has 0 aliphatic carbocycles. The molecule has 0 fully saturated rings. The quantitative estimate of drug-likeness (QED) is 0.781. The summed E-state index contributed by atoms with van der Waals surface area (Å²) in [6, 6.07) is 9.64. The molecule has 0 aliphatic heterocycles. The monoisotopic (exact) mass is 273 g/mol. The third-order valence-electron chi connectivity index (χ3n) is 2.95. The van der Waals surface area contributed by atoms with Gasteiger partial charge >= 0.3 is 5.69 Å². The van der Waals surface area contributed by atoms with Crippen LogP contribution in [0.5, 0.6) is 0 Å². The molecule has 0 spiro atoms. The number of aromatic amines is 2. The van der Waals surface area contributed by atoms with Gasteiger partial charge in [-0.25, -0.2) is 4.79 Å². The predicted octanol–water partition coefficient (Wildman–Crippen LogP) is 1.20. The molecule has 0 bridgehead atoms. The maximum Gasteiger partial charge on any atom is 0.325 e. The van der Waals surface area contributed by atoms with Crippen LogP contribution < -0.4 is 16.6 Å². The van der Waals surface area contributed by atoms with E-state index in [1.807, 2.05) is 42.2 Å². The van der Waals surface area contributed by atoms with Crippen LogP contribution >= 0.6 is 0 Å². The largest absolute Gasteiger partial charge is 0.325 e. The Labute approximate surface area is 114 Å². The van der Waals surface area contributed by atoms with E-state index in [1.54, 1.807) is 0 Å². The number of nitrogens with one attached hydrogen (secondary N) is 3. The number of hydrogen-bond acceptors (Lipinski definition) is 3. The Bertz CT molecular complexity index is 703. The summed E-state index contributed by atoms with van der Waals surface area (Å²) in [5.74, 6) is -0.239. The first-order valence-electron chi connectivity index (χ1n) is 6.23. The first-order chi connectivity index (χ1) is 9.56. The zero-order valence-electron chi connectivity index (χ0n) is 11.0. The van der Waals surface area contributed by atoms with Gasteiger partial charge < -0.3 is 10.3 Å². The second kappa shape index (κ2) is 6.01. The van der Waals surface area contributed by atoms with Crippen molar-refractivity contribution in [3.63, 3.8) is 0 Å². The predicted molar refractivity (Wildman–Crippen MR) is 75.8 cm³/mol. The van der Waals surface area contributed by atoms with Gasteiger partial charge in [0, 0.05) is 12.6 Å². The molecule has 6 nitrogen and oxygen atoms in total. The van der Waals surface area contributed by atoms with Crippen LogP contribution in [0.15, 0.2) is 46.1 Å². The molecule has 2 aromatic rings. The lowest BCUT2D eigenvalue weighted by Crippen LogP contribution is -2.26. The topological polar surface area (TPSA) is 94.8 Å². The number of hydrogen-bond donors (Lipinski definition) is 3. The van der Waals surface area contributed by atoms with E-state index in [9.17, 15) is 14.4 Å². The molecule has 1 atom stereocenters. The average Bonchev–Trinajstić information content (AvgIpc) is 2.43. The van der Waals surface area contributed by atoms with Crippen LogP contribution in [-0.2, 0) is 4.79 Å². The molecule has 1 heterocycles. The number of aromatic nitrogens is 2. The van der Waals surface area contributed by atoms with Gasteiger partial charge in [-0.1, -0.05) is 37.3 Å². The molecule has 0 saturated carbocycles. The minimum absolute atomic E-state index is 0.0369. The van der Waals surface area contributed by atoms with E-state index < -0.39 is 11.2 Å². The van der Waals surface area contributed by atoms with Crippen molar-refractivity contribution in [2.24, 2.45) is 0 Å². The van der Waals surface area contributed by atoms with Crippen molar-refractivity contribution in [3.8, 4) is 0 Å². The summed E-state index contributed by atoms with van der Waals surface area (Å²) in [7, 11) is 0. The number of benzene rings is 1. The zero-order valence-corrected chi connectivity index (χ0v) is 11.0. The van der Waals surface area contributed by atoms with E-state index in [1.165, 1.54) is 6.20 Å². The highest BCUT2D eigenvalue weighted by atomic mass is 16.2. The maximum atomic E-state index is 11.9. The molecule has 1 amide bonds. The summed E-state index contributed by atoms with van der Waals surface area (Å²) < 4.78 is 0. The van der Waals surface area contributed by atoms with Crippen LogP contribution in [0.3, 0.4) is 0 Å². The van der Waals surface area contributed by atoms with Gasteiger partial charge in [0.15, 0.2) is 0 Å². The fraction of sp³-hybridized carbons (Fsp3) is 0.214. The van der Waals surface area contributed by atoms with Crippen molar-refractivity contribution < 1.29 is 4.79 Å². The van der Waals surface area contributed by atoms with Crippen molar-refractivity contribution in [2.45, 2.75) is 19.3 Å². The maximum absolute atomic E-state index is 11.9. The van der Waals surface area contributed by atoms with Crippen LogP contribution in [0, 0.1) is 0 Å². The van der Waals surface area contributed by atoms with Crippen LogP contribution in [0.25, 0.3) is 0 Å². The van der Waals surface area contributed by atoms with Crippen LogP contribution in [0.2, 0.25) is 0 Å². The van der Waals surface area contributed by atoms with Gasteiger partial charge in [0.1, 0.15) is 5.69 Å². The van der Waals surface area contributed by atoms with E-state index in [0.717, 1.165) is 5.56 Å². The fourth-order valence-corrected chi connectivity index (χ4v) is 1.88. The van der Waals surface area contributed by atoms with E-state index in [-0.39, 0.29) is 23.9 Å². The molecule has 6 heteroatoms. The van der Waals surface area contributed by atoms with E-state index in [2.05, 4.69) is 10.3 Å². The van der Waals surface area contributed by atoms with E-state index >= 15 is 0 Å². The summed E-state index contributed by atoms with van der Waals surface area (Å²) in [5, 5.41) is 2.49. The van der Waals surface area contributed by atoms with Crippen LogP contribution in [0.4, 0.5) is 5.69 Å². The SMILES string of the molecule is CC(CC(=O)Nc1c[nH]c(=O)[nH]c1=O)c1ccccc1. The highest BCUT2D eigenvalue weighted by molar-refractivity contribution is 5.90. The molecule has 1 aromatic carbocycles. The smallest absolute Gasteiger partial charge is 0.320 e. The van der Waals surface area contributed by atoms with Crippen molar-refractivity contribution in [3.05, 3.63) is 62.9 Å². The lowest BCUT2D eigenvalue weighted by Gasteiger charge is -2.11. The fourth-order valence-electron chi connectivity index (χ4n) is 1.88. The molecule has 20 heavy (non-hydrogen) atoms. The Morgan fingerprint density at radius 1 is 1.25 bits per heavy atom. The molecule has 0 saturated heterocycles. The van der Waals surface area contributed by atoms with Crippen molar-refractivity contribution in [1.82, 2.24) is 9.97 Å². The Morgan fingerprint density at radius 3 is 2.60 bits per heavy atom. The van der Waals surface area contributed by atoms with Gasteiger partial charge in [0.25, 0.3) is 5.56 Å². The Morgan fingerprint density at radius 2 is 1.95 bits per heavy atom. The highest BCUT2D eigenvalue weighted by Gasteiger charge is 2.12. The average molecular weight is 273 g/mol. The number of anilines is 1. The number of carbonyl (C=O) groups is 1. The second-order valence-corrected chi connectivity index (χ2v) is 4.55. The van der Waals surface area contributed by atoms with Gasteiger partial charge in [-0.2, -0.15) is 0 Å². The van der Waals surface area contributed by atoms with Gasteiger partial charge in [0.2, 0.25) is 5.91 Å². The van der Waals surface area contributed by atoms with Gasteiger partial charge in [-0.15, -0.1) is 0 Å². The van der Waals surface area contributed by atoms with Gasteiger partial charge in [0.05, 0.1) is 0 Å². The summed E-state index contributed by atoms with van der Waals surface area (Å²) in [4.78, 5) is 38.5. The summed E-state index contributed by atoms with van der Waals surface area (Å²) in [6.45, 7) is 1.94. The second-order valence-electron chi connectivity index (χ2n) is 4.55. The van der Waals surface area contributed by atoms with Gasteiger partial charge in [-0.05, 0) is 11.5 Å². The molecule has 0 radical (unpaired) electrons. The third-order valence-corrected chi connectivity index (χ3v) is 2.95. The first-order valence-corrected chi connectivity index (χ1v) is 6.23. The van der Waals surface area contributed by atoms with Crippen molar-refractivity contribution in [2.75, 3.05) is 5.32 Å². The Kier molecular flexibility index (Phi) is 4.14. The van der Waals surface area contributed by atoms with Crippen molar-refractivity contribution in [1.29, 1.82) is 0 Å². The first kappa shape index (κ1) is 13.8. The third kappa shape index (κ3) is 3.44. The summed E-state index contributed by atoms with van der Waals surface area (Å²) in [6.07, 6.45) is 1.44. The number of rotatable bonds is 4. The van der Waals surface area contributed by atoms with Gasteiger partial charge in [-0.3, -0.25) is 14.6 Å². The molecule has 1 unspecified atom stereocenters. The standard InChI is InChI=1S/C14H15N3O3/c1-9(10-5-3-2-4-6-10)7-12(18)16-11-8-15-14(20)17-13(11)19/h2-6,8-9H,7H2,1H3,(H,16,18)(H2,15,17,19,20). The van der Waals surface area contributed by atoms with Crippen LogP contribution in [-0.4, -0.2) is 15.9 Å². The Hall–Kier alpha value is -2.63. The molecule has 104 valence electrons. The minimum atomic E-state index is -0.616. The molecule has 3 N–H and O–H groups in total.